The number of urea groups is 2. The van der Waals surface area contributed by atoms with E-state index in [1.807, 2.05) is 41.5 Å². The molecule has 1 aromatic rings. The van der Waals surface area contributed by atoms with Gasteiger partial charge >= 0.3 is 12.1 Å². The van der Waals surface area contributed by atoms with Gasteiger partial charge in [0.05, 0.1) is 17.7 Å². The molecule has 10 nitrogen and oxygen atoms in total. The van der Waals surface area contributed by atoms with E-state index in [1.54, 1.807) is 42.2 Å². The number of nitrogens with one attached hydrogen (secondary N) is 3. The molecule has 0 fully saturated rings. The fourth-order valence-electron chi connectivity index (χ4n) is 3.89. The number of benzene rings is 1. The largest absolute Gasteiger partial charge is 0.491 e. The van der Waals surface area contributed by atoms with Crippen molar-refractivity contribution in [2.75, 3.05) is 39.2 Å². The molecule has 1 aliphatic heterocycles. The summed E-state index contributed by atoms with van der Waals surface area (Å²) >= 11 is 0. The maximum absolute atomic E-state index is 13.3. The highest BCUT2D eigenvalue weighted by Gasteiger charge is 2.30. The van der Waals surface area contributed by atoms with Crippen molar-refractivity contribution in [3.63, 3.8) is 0 Å². The summed E-state index contributed by atoms with van der Waals surface area (Å²) in [6, 6.07) is 4.10. The first-order valence-electron chi connectivity index (χ1n) is 12.1. The Morgan fingerprint density at radius 1 is 1.09 bits per heavy atom. The van der Waals surface area contributed by atoms with Gasteiger partial charge in [0, 0.05) is 57.0 Å². The molecule has 196 valence electrons. The monoisotopic (exact) mass is 491 g/mol. The molecular weight excluding hydrogens is 450 g/mol. The summed E-state index contributed by atoms with van der Waals surface area (Å²) < 4.78 is 11.8. The van der Waals surface area contributed by atoms with E-state index in [1.165, 1.54) is 0 Å². The number of nitrogens with zero attached hydrogens (tertiary/aromatic N) is 2. The van der Waals surface area contributed by atoms with Crippen LogP contribution in [0.3, 0.4) is 0 Å². The van der Waals surface area contributed by atoms with Crippen LogP contribution in [0.5, 0.6) is 5.75 Å². The number of likely N-dealkylation sites (N-methyl/N-ethyl adjacent to an activating group) is 1. The van der Waals surface area contributed by atoms with Crippen molar-refractivity contribution in [1.29, 1.82) is 0 Å². The lowest BCUT2D eigenvalue weighted by Gasteiger charge is -2.36. The van der Waals surface area contributed by atoms with Gasteiger partial charge in [0.1, 0.15) is 12.4 Å². The fraction of sp³-hybridized carbons (Fsp3) is 0.640. The van der Waals surface area contributed by atoms with Gasteiger partial charge < -0.3 is 35.2 Å². The smallest absolute Gasteiger partial charge is 0.319 e. The first-order valence-corrected chi connectivity index (χ1v) is 12.1. The van der Waals surface area contributed by atoms with Crippen LogP contribution in [-0.4, -0.2) is 85.9 Å². The predicted octanol–water partition coefficient (Wildman–Crippen LogP) is 3.14. The van der Waals surface area contributed by atoms with Gasteiger partial charge in [-0.15, -0.1) is 0 Å². The van der Waals surface area contributed by atoms with Gasteiger partial charge in [0.15, 0.2) is 0 Å². The van der Waals surface area contributed by atoms with Gasteiger partial charge in [0.25, 0.3) is 5.91 Å². The van der Waals surface area contributed by atoms with E-state index in [4.69, 9.17) is 9.47 Å². The average molecular weight is 492 g/mol. The van der Waals surface area contributed by atoms with E-state index in [0.29, 0.717) is 30.1 Å². The Bertz CT molecular complexity index is 891. The van der Waals surface area contributed by atoms with Crippen LogP contribution >= 0.6 is 0 Å². The Kier molecular flexibility index (Phi) is 10.2. The van der Waals surface area contributed by atoms with Crippen LogP contribution in [0.25, 0.3) is 0 Å². The molecule has 10 heteroatoms. The highest BCUT2D eigenvalue weighted by atomic mass is 16.5. The number of anilines is 1. The molecule has 0 spiro atoms. The van der Waals surface area contributed by atoms with Crippen LogP contribution < -0.4 is 20.7 Å². The molecule has 0 bridgehead atoms. The number of carbonyl (C=O) groups is 3. The standard InChI is InChI=1S/C25H41N5O5/c1-15(2)26-24(32)28-19-9-10-20-21(11-19)35-14-18(6)30(25(33)27-16(3)4)12-17(5)22(34-8)13-29(7)23(20)31/h9-11,15-18,22H,12-14H2,1-8H3,(H,27,33)(H2,26,28,32)/t17-,18+,22-/m0/s1. The number of fused-ring (bicyclic) bond motifs is 1. The Balaban J connectivity index is 2.42. The topological polar surface area (TPSA) is 112 Å². The van der Waals surface area contributed by atoms with Crippen molar-refractivity contribution in [2.24, 2.45) is 5.92 Å². The summed E-state index contributed by atoms with van der Waals surface area (Å²) in [6.07, 6.45) is -0.269. The minimum absolute atomic E-state index is 0.0133. The van der Waals surface area contributed by atoms with Crippen molar-refractivity contribution in [3.05, 3.63) is 23.8 Å². The van der Waals surface area contributed by atoms with Gasteiger partial charge in [-0.3, -0.25) is 4.79 Å². The van der Waals surface area contributed by atoms with Crippen LogP contribution in [0.4, 0.5) is 15.3 Å². The second-order valence-electron chi connectivity index (χ2n) is 9.82. The number of methoxy groups -OCH3 is 1. The number of hydrogen-bond acceptors (Lipinski definition) is 5. The van der Waals surface area contributed by atoms with Crippen molar-refractivity contribution >= 4 is 23.7 Å². The zero-order chi connectivity index (χ0) is 26.3. The van der Waals surface area contributed by atoms with Crippen LogP contribution in [0.15, 0.2) is 18.2 Å². The molecule has 5 amide bonds. The molecule has 1 heterocycles. The molecule has 0 aliphatic carbocycles. The number of rotatable bonds is 4. The third kappa shape index (κ3) is 8.02. The lowest BCUT2D eigenvalue weighted by Crippen LogP contribution is -2.52. The van der Waals surface area contributed by atoms with Crippen LogP contribution in [0, 0.1) is 5.92 Å². The maximum Gasteiger partial charge on any atom is 0.319 e. The number of amides is 5. The van der Waals surface area contributed by atoms with Crippen molar-refractivity contribution in [2.45, 2.75) is 65.8 Å². The van der Waals surface area contributed by atoms with E-state index >= 15 is 0 Å². The number of carbonyl (C=O) groups excluding carboxylic acids is 3. The van der Waals surface area contributed by atoms with Gasteiger partial charge in [-0.25, -0.2) is 9.59 Å². The summed E-state index contributed by atoms with van der Waals surface area (Å²) in [5.74, 6) is 0.0958. The third-order valence-corrected chi connectivity index (χ3v) is 5.80. The molecule has 35 heavy (non-hydrogen) atoms. The molecule has 0 unspecified atom stereocenters. The average Bonchev–Trinajstić information content (AvgIpc) is 2.76. The quantitative estimate of drug-likeness (QED) is 0.599. The van der Waals surface area contributed by atoms with Crippen LogP contribution in [0.2, 0.25) is 0 Å². The van der Waals surface area contributed by atoms with Crippen molar-refractivity contribution in [1.82, 2.24) is 20.4 Å². The summed E-state index contributed by atoms with van der Waals surface area (Å²) in [5, 5.41) is 8.50. The molecule has 0 saturated carbocycles. The molecule has 2 rings (SSSR count). The molecular formula is C25H41N5O5. The molecule has 0 radical (unpaired) electrons. The van der Waals surface area contributed by atoms with E-state index < -0.39 is 0 Å². The second kappa shape index (κ2) is 12.6. The maximum atomic E-state index is 13.3. The zero-order valence-electron chi connectivity index (χ0n) is 22.2. The molecule has 3 atom stereocenters. The Labute approximate surface area is 208 Å². The Morgan fingerprint density at radius 3 is 2.34 bits per heavy atom. The predicted molar refractivity (Wildman–Crippen MR) is 136 cm³/mol. The third-order valence-electron chi connectivity index (χ3n) is 5.80. The van der Waals surface area contributed by atoms with Crippen LogP contribution in [-0.2, 0) is 4.74 Å². The Morgan fingerprint density at radius 2 is 1.74 bits per heavy atom. The molecule has 1 aliphatic rings. The first kappa shape index (κ1) is 28.2. The SMILES string of the molecule is CO[C@H]1CN(C)C(=O)c2ccc(NC(=O)NC(C)C)cc2OC[C@@H](C)N(C(=O)NC(C)C)C[C@@H]1C. The number of ether oxygens (including phenoxy) is 2. The minimum Gasteiger partial charge on any atom is -0.491 e. The van der Waals surface area contributed by atoms with Crippen molar-refractivity contribution < 1.29 is 23.9 Å². The van der Waals surface area contributed by atoms with Gasteiger partial charge in [-0.1, -0.05) is 6.92 Å². The molecule has 1 aromatic carbocycles. The summed E-state index contributed by atoms with van der Waals surface area (Å²) in [6.45, 7) is 12.4. The lowest BCUT2D eigenvalue weighted by molar-refractivity contribution is 0.0165. The van der Waals surface area contributed by atoms with Crippen LogP contribution in [0.1, 0.15) is 51.9 Å². The van der Waals surface area contributed by atoms with Gasteiger partial charge in [-0.2, -0.15) is 0 Å². The highest BCUT2D eigenvalue weighted by Crippen LogP contribution is 2.27. The normalized spacial score (nSPS) is 21.5. The molecule has 0 saturated heterocycles. The number of hydrogen-bond donors (Lipinski definition) is 3. The van der Waals surface area contributed by atoms with E-state index in [-0.39, 0.29) is 54.7 Å². The summed E-state index contributed by atoms with van der Waals surface area (Å²) in [4.78, 5) is 41.8. The minimum atomic E-state index is -0.349. The summed E-state index contributed by atoms with van der Waals surface area (Å²) in [5.41, 5.74) is 0.866. The highest BCUT2D eigenvalue weighted by molar-refractivity contribution is 5.98. The fourth-order valence-corrected chi connectivity index (χ4v) is 3.89. The summed E-state index contributed by atoms with van der Waals surface area (Å²) in [7, 11) is 3.33. The second-order valence-corrected chi connectivity index (χ2v) is 9.82. The zero-order valence-corrected chi connectivity index (χ0v) is 22.2. The van der Waals surface area contributed by atoms with E-state index in [2.05, 4.69) is 16.0 Å². The molecule has 3 N–H and O–H groups in total. The van der Waals surface area contributed by atoms with Gasteiger partial charge in [-0.05, 0) is 46.8 Å². The lowest BCUT2D eigenvalue weighted by atomic mass is 10.0. The molecule has 0 aromatic heterocycles. The first-order chi connectivity index (χ1) is 16.4. The van der Waals surface area contributed by atoms with Crippen molar-refractivity contribution in [3.8, 4) is 5.75 Å². The van der Waals surface area contributed by atoms with E-state index in [9.17, 15) is 14.4 Å². The van der Waals surface area contributed by atoms with Gasteiger partial charge in [0.2, 0.25) is 0 Å². The van der Waals surface area contributed by atoms with E-state index in [0.717, 1.165) is 0 Å². The Hall–Kier alpha value is -3.01.